The largest absolute Gasteiger partial charge is 0.472 e. The van der Waals surface area contributed by atoms with E-state index in [1.54, 1.807) is 6.07 Å². The fraction of sp³-hybridized carbons (Fsp3) is 0.571. The third-order valence-corrected chi connectivity index (χ3v) is 3.85. The van der Waals surface area contributed by atoms with Crippen LogP contribution < -0.4 is 5.32 Å². The molecule has 2 heterocycles. The monoisotopic (exact) mass is 262 g/mol. The van der Waals surface area contributed by atoms with Gasteiger partial charge in [0.2, 0.25) is 5.91 Å². The van der Waals surface area contributed by atoms with Crippen molar-refractivity contribution in [2.75, 3.05) is 13.1 Å². The number of nitrogens with one attached hydrogen (secondary N) is 1. The van der Waals surface area contributed by atoms with Crippen LogP contribution in [0.4, 0.5) is 0 Å². The molecule has 0 radical (unpaired) electrons. The molecular formula is C14H18N2O3. The van der Waals surface area contributed by atoms with E-state index in [0.717, 1.165) is 38.8 Å². The fourth-order valence-electron chi connectivity index (χ4n) is 2.50. The average molecular weight is 262 g/mol. The number of amides is 2. The number of hydrogen-bond acceptors (Lipinski definition) is 3. The van der Waals surface area contributed by atoms with Crippen LogP contribution in [0.15, 0.2) is 23.0 Å². The Morgan fingerprint density at radius 1 is 1.21 bits per heavy atom. The molecule has 5 heteroatoms. The molecule has 2 fully saturated rings. The highest BCUT2D eigenvalue weighted by Gasteiger charge is 2.35. The van der Waals surface area contributed by atoms with E-state index in [2.05, 4.69) is 5.32 Å². The van der Waals surface area contributed by atoms with Gasteiger partial charge in [-0.2, -0.15) is 0 Å². The molecule has 1 aliphatic heterocycles. The number of hydrogen-bond donors (Lipinski definition) is 1. The van der Waals surface area contributed by atoms with E-state index in [-0.39, 0.29) is 17.9 Å². The molecule has 1 aromatic heterocycles. The van der Waals surface area contributed by atoms with Crippen LogP contribution in [-0.4, -0.2) is 35.8 Å². The number of piperidine rings is 1. The van der Waals surface area contributed by atoms with Gasteiger partial charge in [-0.25, -0.2) is 0 Å². The first-order chi connectivity index (χ1) is 9.24. The van der Waals surface area contributed by atoms with Crippen molar-refractivity contribution in [1.82, 2.24) is 10.2 Å². The molecule has 19 heavy (non-hydrogen) atoms. The van der Waals surface area contributed by atoms with Crippen LogP contribution in [0, 0.1) is 5.92 Å². The molecule has 1 aliphatic carbocycles. The van der Waals surface area contributed by atoms with Crippen molar-refractivity contribution >= 4 is 11.8 Å². The van der Waals surface area contributed by atoms with Crippen molar-refractivity contribution in [3.8, 4) is 0 Å². The third-order valence-electron chi connectivity index (χ3n) is 3.85. The molecule has 1 aromatic rings. The minimum atomic E-state index is -0.0966. The molecule has 2 aliphatic rings. The maximum atomic E-state index is 11.9. The number of rotatable bonds is 3. The molecule has 0 atom stereocenters. The second-order valence-electron chi connectivity index (χ2n) is 5.36. The van der Waals surface area contributed by atoms with Gasteiger partial charge >= 0.3 is 0 Å². The lowest BCUT2D eigenvalue weighted by Crippen LogP contribution is -2.46. The second kappa shape index (κ2) is 5.07. The summed E-state index contributed by atoms with van der Waals surface area (Å²) in [5.74, 6) is 0.498. The number of carbonyl (C=O) groups is 2. The lowest BCUT2D eigenvalue weighted by Gasteiger charge is -2.32. The Kier molecular flexibility index (Phi) is 3.27. The van der Waals surface area contributed by atoms with E-state index in [4.69, 9.17) is 4.42 Å². The Labute approximate surface area is 111 Å². The highest BCUT2D eigenvalue weighted by molar-refractivity contribution is 5.94. The topological polar surface area (TPSA) is 62.6 Å². The normalized spacial score (nSPS) is 20.3. The number of furan rings is 1. The number of carbonyl (C=O) groups excluding carboxylic acids is 2. The second-order valence-corrected chi connectivity index (χ2v) is 5.36. The Morgan fingerprint density at radius 2 is 1.95 bits per heavy atom. The molecule has 0 spiro atoms. The maximum Gasteiger partial charge on any atom is 0.254 e. The Bertz CT molecular complexity index is 457. The SMILES string of the molecule is O=C(NC1CCN(C(=O)C2CC2)CC1)c1ccoc1. The van der Waals surface area contributed by atoms with Gasteiger partial charge in [0, 0.05) is 25.0 Å². The van der Waals surface area contributed by atoms with Crippen LogP contribution in [0.2, 0.25) is 0 Å². The zero-order chi connectivity index (χ0) is 13.2. The predicted octanol–water partition coefficient (Wildman–Crippen LogP) is 1.41. The van der Waals surface area contributed by atoms with Gasteiger partial charge in [0.05, 0.1) is 11.8 Å². The van der Waals surface area contributed by atoms with Crippen molar-refractivity contribution in [2.45, 2.75) is 31.7 Å². The van der Waals surface area contributed by atoms with E-state index < -0.39 is 0 Å². The zero-order valence-electron chi connectivity index (χ0n) is 10.8. The predicted molar refractivity (Wildman–Crippen MR) is 68.5 cm³/mol. The quantitative estimate of drug-likeness (QED) is 0.896. The van der Waals surface area contributed by atoms with Gasteiger partial charge in [0.1, 0.15) is 6.26 Å². The Morgan fingerprint density at radius 3 is 2.53 bits per heavy atom. The molecule has 5 nitrogen and oxygen atoms in total. The molecule has 1 saturated heterocycles. The highest BCUT2D eigenvalue weighted by atomic mass is 16.3. The summed E-state index contributed by atoms with van der Waals surface area (Å²) in [6.07, 6.45) is 6.71. The first-order valence-electron chi connectivity index (χ1n) is 6.86. The van der Waals surface area contributed by atoms with Crippen LogP contribution in [0.25, 0.3) is 0 Å². The Hall–Kier alpha value is -1.78. The van der Waals surface area contributed by atoms with Gasteiger partial charge < -0.3 is 14.6 Å². The summed E-state index contributed by atoms with van der Waals surface area (Å²) in [5, 5.41) is 2.99. The average Bonchev–Trinajstić information content (AvgIpc) is 3.13. The van der Waals surface area contributed by atoms with E-state index >= 15 is 0 Å². The first kappa shape index (κ1) is 12.3. The molecule has 0 unspecified atom stereocenters. The third kappa shape index (κ3) is 2.80. The fourth-order valence-corrected chi connectivity index (χ4v) is 2.50. The van der Waals surface area contributed by atoms with Gasteiger partial charge in [0.25, 0.3) is 5.91 Å². The van der Waals surface area contributed by atoms with Crippen LogP contribution in [0.3, 0.4) is 0 Å². The van der Waals surface area contributed by atoms with Gasteiger partial charge in [-0.15, -0.1) is 0 Å². The van der Waals surface area contributed by atoms with Crippen LogP contribution in [0.1, 0.15) is 36.0 Å². The highest BCUT2D eigenvalue weighted by Crippen LogP contribution is 2.31. The molecular weight excluding hydrogens is 244 g/mol. The summed E-state index contributed by atoms with van der Waals surface area (Å²) in [4.78, 5) is 25.7. The number of likely N-dealkylation sites (tertiary alicyclic amines) is 1. The van der Waals surface area contributed by atoms with Crippen LogP contribution in [-0.2, 0) is 4.79 Å². The standard InChI is InChI=1S/C14H18N2O3/c17-13(11-5-8-19-9-11)15-12-3-6-16(7-4-12)14(18)10-1-2-10/h5,8-10,12H,1-4,6-7H2,(H,15,17). The van der Waals surface area contributed by atoms with Crippen LogP contribution >= 0.6 is 0 Å². The first-order valence-corrected chi connectivity index (χ1v) is 6.86. The lowest BCUT2D eigenvalue weighted by molar-refractivity contribution is -0.133. The molecule has 0 bridgehead atoms. The zero-order valence-corrected chi connectivity index (χ0v) is 10.8. The summed E-state index contributed by atoms with van der Waals surface area (Å²) in [6, 6.07) is 1.81. The van der Waals surface area contributed by atoms with E-state index in [1.807, 2.05) is 4.90 Å². The lowest BCUT2D eigenvalue weighted by atomic mass is 10.0. The van der Waals surface area contributed by atoms with E-state index in [0.29, 0.717) is 11.5 Å². The minimum Gasteiger partial charge on any atom is -0.472 e. The molecule has 0 aromatic carbocycles. The maximum absolute atomic E-state index is 11.9. The molecule has 2 amide bonds. The molecule has 1 N–H and O–H groups in total. The van der Waals surface area contributed by atoms with Gasteiger partial charge in [-0.1, -0.05) is 0 Å². The van der Waals surface area contributed by atoms with Gasteiger partial charge in [-0.3, -0.25) is 9.59 Å². The summed E-state index contributed by atoms with van der Waals surface area (Å²) < 4.78 is 4.89. The molecule has 1 saturated carbocycles. The van der Waals surface area contributed by atoms with Gasteiger partial charge in [-0.05, 0) is 31.7 Å². The summed E-state index contributed by atoms with van der Waals surface area (Å²) in [5.41, 5.74) is 0.552. The van der Waals surface area contributed by atoms with Crippen molar-refractivity contribution in [1.29, 1.82) is 0 Å². The summed E-state index contributed by atoms with van der Waals surface area (Å²) >= 11 is 0. The summed E-state index contributed by atoms with van der Waals surface area (Å²) in [6.45, 7) is 1.51. The Balaban J connectivity index is 1.47. The van der Waals surface area contributed by atoms with Crippen LogP contribution in [0.5, 0.6) is 0 Å². The number of nitrogens with zero attached hydrogens (tertiary/aromatic N) is 1. The smallest absolute Gasteiger partial charge is 0.254 e. The summed E-state index contributed by atoms with van der Waals surface area (Å²) in [7, 11) is 0. The van der Waals surface area contributed by atoms with Crippen molar-refractivity contribution < 1.29 is 14.0 Å². The van der Waals surface area contributed by atoms with E-state index in [1.165, 1.54) is 12.5 Å². The van der Waals surface area contributed by atoms with Crippen molar-refractivity contribution in [3.05, 3.63) is 24.2 Å². The van der Waals surface area contributed by atoms with Crippen molar-refractivity contribution in [3.63, 3.8) is 0 Å². The minimum absolute atomic E-state index is 0.0966. The van der Waals surface area contributed by atoms with E-state index in [9.17, 15) is 9.59 Å². The van der Waals surface area contributed by atoms with Gasteiger partial charge in [0.15, 0.2) is 0 Å². The molecule has 3 rings (SSSR count). The van der Waals surface area contributed by atoms with Crippen molar-refractivity contribution in [2.24, 2.45) is 5.92 Å². The molecule has 102 valence electrons.